The van der Waals surface area contributed by atoms with Gasteiger partial charge in [0.1, 0.15) is 11.5 Å². The highest BCUT2D eigenvalue weighted by Gasteiger charge is 2.29. The van der Waals surface area contributed by atoms with E-state index >= 15 is 0 Å². The van der Waals surface area contributed by atoms with E-state index in [1.807, 2.05) is 42.2 Å². The molecule has 1 atom stereocenters. The number of nitrogens with one attached hydrogen (secondary N) is 1. The maximum absolute atomic E-state index is 13.2. The summed E-state index contributed by atoms with van der Waals surface area (Å²) in [5.74, 6) is 1.37. The number of ether oxygens (including phenoxy) is 1. The Morgan fingerprint density at radius 3 is 2.88 bits per heavy atom. The minimum atomic E-state index is -0.0812. The van der Waals surface area contributed by atoms with Gasteiger partial charge < -0.3 is 15.0 Å². The minimum Gasteiger partial charge on any atom is -0.456 e. The first kappa shape index (κ1) is 21.9. The van der Waals surface area contributed by atoms with Crippen LogP contribution >= 0.6 is 22.7 Å². The van der Waals surface area contributed by atoms with Gasteiger partial charge in [-0.25, -0.2) is 0 Å². The Morgan fingerprint density at radius 2 is 2.09 bits per heavy atom. The molecule has 2 amide bonds. The third-order valence-electron chi connectivity index (χ3n) is 6.22. The van der Waals surface area contributed by atoms with E-state index in [-0.39, 0.29) is 11.8 Å². The molecule has 0 unspecified atom stereocenters. The first-order valence-corrected chi connectivity index (χ1v) is 12.8. The molecule has 0 spiro atoms. The molecule has 0 radical (unpaired) electrons. The lowest BCUT2D eigenvalue weighted by molar-refractivity contribution is 0.0738. The van der Waals surface area contributed by atoms with E-state index in [2.05, 4.69) is 17.2 Å². The van der Waals surface area contributed by atoms with Gasteiger partial charge in [-0.15, -0.1) is 22.7 Å². The van der Waals surface area contributed by atoms with E-state index in [0.29, 0.717) is 28.0 Å². The van der Waals surface area contributed by atoms with Gasteiger partial charge in [0.25, 0.3) is 11.8 Å². The molecule has 1 saturated heterocycles. The highest BCUT2D eigenvalue weighted by molar-refractivity contribution is 7.21. The van der Waals surface area contributed by atoms with E-state index in [4.69, 9.17) is 4.74 Å². The topological polar surface area (TPSA) is 71.5 Å². The summed E-state index contributed by atoms with van der Waals surface area (Å²) < 4.78 is 8.11. The number of pyridine rings is 1. The lowest BCUT2D eigenvalue weighted by atomic mass is 10.1. The van der Waals surface area contributed by atoms with Crippen molar-refractivity contribution in [3.05, 3.63) is 51.8 Å². The Hall–Kier alpha value is -2.97. The standard InChI is InChI=1S/C25H25N3O3S2/c1-4-15-6-5-11-28(15)25(30)21-13-18-23(33-21)19(9-10-27-18)31-16-7-8-17-20(12-16)32-14(2)22(17)24(29)26-3/h7-10,12-13,15H,4-6,11H2,1-3H3,(H,26,29)/t15-/m1/s1. The van der Waals surface area contributed by atoms with Gasteiger partial charge in [0.2, 0.25) is 0 Å². The van der Waals surface area contributed by atoms with E-state index in [0.717, 1.165) is 51.0 Å². The fraction of sp³-hybridized carbons (Fsp3) is 0.320. The number of likely N-dealkylation sites (tertiary alicyclic amines) is 1. The third-order valence-corrected chi connectivity index (χ3v) is 8.41. The van der Waals surface area contributed by atoms with Gasteiger partial charge in [-0.05, 0) is 50.5 Å². The molecule has 1 aliphatic heterocycles. The van der Waals surface area contributed by atoms with E-state index in [1.165, 1.54) is 11.3 Å². The molecule has 0 bridgehead atoms. The van der Waals surface area contributed by atoms with Gasteiger partial charge in [0, 0.05) is 46.9 Å². The van der Waals surface area contributed by atoms with Gasteiger partial charge in [0.15, 0.2) is 0 Å². The maximum Gasteiger partial charge on any atom is 0.264 e. The summed E-state index contributed by atoms with van der Waals surface area (Å²) in [7, 11) is 1.64. The van der Waals surface area contributed by atoms with Crippen molar-refractivity contribution in [2.45, 2.75) is 39.2 Å². The average Bonchev–Trinajstić information content (AvgIpc) is 3.54. The number of amides is 2. The number of nitrogens with zero attached hydrogens (tertiary/aromatic N) is 2. The molecule has 0 saturated carbocycles. The Kier molecular flexibility index (Phi) is 5.80. The van der Waals surface area contributed by atoms with Crippen molar-refractivity contribution in [1.29, 1.82) is 0 Å². The van der Waals surface area contributed by atoms with Crippen molar-refractivity contribution < 1.29 is 14.3 Å². The number of benzene rings is 1. The Labute approximate surface area is 200 Å². The molecule has 6 nitrogen and oxygen atoms in total. The molecule has 1 aliphatic rings. The van der Waals surface area contributed by atoms with Crippen LogP contribution in [0.4, 0.5) is 0 Å². The first-order chi connectivity index (χ1) is 16.0. The molecular formula is C25H25N3O3S2. The molecule has 1 aromatic carbocycles. The number of carbonyl (C=O) groups excluding carboxylic acids is 2. The molecular weight excluding hydrogens is 454 g/mol. The van der Waals surface area contributed by atoms with Crippen LogP contribution in [0.15, 0.2) is 36.5 Å². The number of carbonyl (C=O) groups is 2. The molecule has 33 heavy (non-hydrogen) atoms. The Balaban J connectivity index is 1.46. The molecule has 1 fully saturated rings. The van der Waals surface area contributed by atoms with Gasteiger partial charge in [0.05, 0.1) is 20.7 Å². The SMILES string of the molecule is CC[C@@H]1CCCN1C(=O)c1cc2nccc(Oc3ccc4c(C(=O)NC)c(C)sc4c3)c2s1. The first-order valence-electron chi connectivity index (χ1n) is 11.1. The smallest absolute Gasteiger partial charge is 0.264 e. The van der Waals surface area contributed by atoms with E-state index in [9.17, 15) is 9.59 Å². The summed E-state index contributed by atoms with van der Waals surface area (Å²) in [5, 5.41) is 3.63. The zero-order chi connectivity index (χ0) is 23.1. The lowest BCUT2D eigenvalue weighted by Crippen LogP contribution is -2.34. The summed E-state index contributed by atoms with van der Waals surface area (Å²) in [6.45, 7) is 4.91. The summed E-state index contributed by atoms with van der Waals surface area (Å²) in [5.41, 5.74) is 1.48. The van der Waals surface area contributed by atoms with Crippen LogP contribution in [0.1, 0.15) is 51.1 Å². The number of thiophene rings is 2. The molecule has 0 aliphatic carbocycles. The summed E-state index contributed by atoms with van der Waals surface area (Å²) in [4.78, 5) is 33.5. The molecule has 3 aromatic heterocycles. The number of fused-ring (bicyclic) bond motifs is 2. The second-order valence-electron chi connectivity index (χ2n) is 8.21. The second-order valence-corrected chi connectivity index (χ2v) is 10.5. The van der Waals surface area contributed by atoms with Crippen LogP contribution in [0.25, 0.3) is 20.3 Å². The maximum atomic E-state index is 13.2. The predicted octanol–water partition coefficient (Wildman–Crippen LogP) is 5.99. The highest BCUT2D eigenvalue weighted by atomic mass is 32.1. The van der Waals surface area contributed by atoms with Gasteiger partial charge >= 0.3 is 0 Å². The van der Waals surface area contributed by atoms with Crippen LogP contribution in [-0.4, -0.2) is 41.3 Å². The van der Waals surface area contributed by atoms with Crippen LogP contribution < -0.4 is 10.1 Å². The zero-order valence-corrected chi connectivity index (χ0v) is 20.4. The summed E-state index contributed by atoms with van der Waals surface area (Å²) in [6, 6.07) is 9.80. The zero-order valence-electron chi connectivity index (χ0n) is 18.8. The molecule has 4 heterocycles. The number of rotatable bonds is 5. The van der Waals surface area contributed by atoms with Gasteiger partial charge in [-0.3, -0.25) is 14.6 Å². The van der Waals surface area contributed by atoms with E-state index < -0.39 is 0 Å². The largest absolute Gasteiger partial charge is 0.456 e. The van der Waals surface area contributed by atoms with Crippen LogP contribution in [0.3, 0.4) is 0 Å². The van der Waals surface area contributed by atoms with Crippen molar-refractivity contribution in [1.82, 2.24) is 15.2 Å². The average molecular weight is 480 g/mol. The van der Waals surface area contributed by atoms with Crippen molar-refractivity contribution in [3.8, 4) is 11.5 Å². The van der Waals surface area contributed by atoms with Crippen molar-refractivity contribution >= 4 is 54.8 Å². The molecule has 1 N–H and O–H groups in total. The molecule has 5 rings (SSSR count). The fourth-order valence-corrected chi connectivity index (χ4v) is 6.68. The van der Waals surface area contributed by atoms with Gasteiger partial charge in [-0.1, -0.05) is 6.92 Å². The van der Waals surface area contributed by atoms with E-state index in [1.54, 1.807) is 24.6 Å². The quantitative estimate of drug-likeness (QED) is 0.382. The second kappa shape index (κ2) is 8.76. The Bertz CT molecular complexity index is 1370. The molecule has 4 aromatic rings. The van der Waals surface area contributed by atoms with Gasteiger partial charge in [-0.2, -0.15) is 0 Å². The number of aryl methyl sites for hydroxylation is 1. The van der Waals surface area contributed by atoms with Crippen LogP contribution in [0, 0.1) is 6.92 Å². The molecule has 8 heteroatoms. The van der Waals surface area contributed by atoms with Crippen LogP contribution in [0.2, 0.25) is 0 Å². The van der Waals surface area contributed by atoms with Crippen molar-refractivity contribution in [2.24, 2.45) is 0 Å². The highest BCUT2D eigenvalue weighted by Crippen LogP contribution is 2.38. The minimum absolute atomic E-state index is 0.0812. The predicted molar refractivity (Wildman–Crippen MR) is 134 cm³/mol. The number of hydrogen-bond acceptors (Lipinski definition) is 6. The summed E-state index contributed by atoms with van der Waals surface area (Å²) >= 11 is 3.01. The lowest BCUT2D eigenvalue weighted by Gasteiger charge is -2.22. The monoisotopic (exact) mass is 479 g/mol. The number of hydrogen-bond donors (Lipinski definition) is 1. The number of aromatic nitrogens is 1. The summed E-state index contributed by atoms with van der Waals surface area (Å²) in [6.07, 6.45) is 4.83. The Morgan fingerprint density at radius 1 is 1.24 bits per heavy atom. The normalized spacial score (nSPS) is 16.0. The van der Waals surface area contributed by atoms with Crippen molar-refractivity contribution in [3.63, 3.8) is 0 Å². The molecule has 170 valence electrons. The fourth-order valence-electron chi connectivity index (χ4n) is 4.57. The van der Waals surface area contributed by atoms with Crippen molar-refractivity contribution in [2.75, 3.05) is 13.6 Å². The third kappa shape index (κ3) is 3.87. The van der Waals surface area contributed by atoms with Crippen LogP contribution in [-0.2, 0) is 0 Å². The van der Waals surface area contributed by atoms with Crippen LogP contribution in [0.5, 0.6) is 11.5 Å².